The van der Waals surface area contributed by atoms with Crippen LogP contribution in [0.5, 0.6) is 0 Å². The number of unbranched alkanes of at least 4 members (excludes halogenated alkanes) is 4. The number of hydrogen-bond donors (Lipinski definition) is 1. The molecule has 0 atom stereocenters. The van der Waals surface area contributed by atoms with Crippen LogP contribution in [0.3, 0.4) is 0 Å². The Morgan fingerprint density at radius 2 is 1.86 bits per heavy atom. The third-order valence-electron chi connectivity index (χ3n) is 2.16. The standard InChI is InChI=1S/C11H21NS2/c1-3-5-7-9-12(11(13)14)10-8-6-4-2/h9H,3-8,10H2,1-2H3/p+1/b12-9-. The van der Waals surface area contributed by atoms with E-state index in [1.165, 1.54) is 32.1 Å². The molecule has 0 aliphatic rings. The first-order valence-corrected chi connectivity index (χ1v) is 6.40. The van der Waals surface area contributed by atoms with Crippen LogP contribution in [-0.4, -0.2) is 21.7 Å². The maximum absolute atomic E-state index is 5.08. The molecule has 0 fully saturated rings. The lowest BCUT2D eigenvalue weighted by molar-refractivity contribution is -0.395. The van der Waals surface area contributed by atoms with Crippen LogP contribution in [0.15, 0.2) is 0 Å². The molecule has 0 amide bonds. The lowest BCUT2D eigenvalue weighted by Gasteiger charge is -1.99. The summed E-state index contributed by atoms with van der Waals surface area (Å²) in [5.41, 5.74) is 0. The third kappa shape index (κ3) is 7.51. The minimum absolute atomic E-state index is 0.706. The molecule has 0 rings (SSSR count). The molecule has 0 saturated heterocycles. The Balaban J connectivity index is 3.88. The summed E-state index contributed by atoms with van der Waals surface area (Å²) < 4.78 is 2.81. The molecular weight excluding hydrogens is 210 g/mol. The fourth-order valence-corrected chi connectivity index (χ4v) is 1.60. The molecule has 0 N–H and O–H groups in total. The summed E-state index contributed by atoms with van der Waals surface area (Å²) in [7, 11) is 0. The first kappa shape index (κ1) is 14.1. The second-order valence-electron chi connectivity index (χ2n) is 3.51. The minimum atomic E-state index is 0.706. The summed E-state index contributed by atoms with van der Waals surface area (Å²) >= 11 is 9.30. The fourth-order valence-electron chi connectivity index (χ4n) is 1.25. The normalized spacial score (nSPS) is 11.8. The zero-order valence-electron chi connectivity index (χ0n) is 9.33. The predicted octanol–water partition coefficient (Wildman–Crippen LogP) is 3.66. The smallest absolute Gasteiger partial charge is 0.188 e. The van der Waals surface area contributed by atoms with E-state index in [1.807, 2.05) is 0 Å². The Kier molecular flexibility index (Phi) is 9.73. The molecule has 0 aliphatic heterocycles. The van der Waals surface area contributed by atoms with E-state index in [2.05, 4.69) is 37.3 Å². The number of rotatable bonds is 7. The van der Waals surface area contributed by atoms with Gasteiger partial charge in [-0.15, -0.1) is 0 Å². The molecule has 0 unspecified atom stereocenters. The van der Waals surface area contributed by atoms with Crippen molar-refractivity contribution in [2.75, 3.05) is 6.54 Å². The molecule has 0 spiro atoms. The van der Waals surface area contributed by atoms with Crippen molar-refractivity contribution < 1.29 is 4.58 Å². The van der Waals surface area contributed by atoms with Crippen molar-refractivity contribution in [1.82, 2.24) is 0 Å². The maximum atomic E-state index is 5.08. The van der Waals surface area contributed by atoms with Crippen molar-refractivity contribution in [1.29, 1.82) is 0 Å². The lowest BCUT2D eigenvalue weighted by Crippen LogP contribution is -2.17. The molecule has 82 valence electrons. The molecule has 1 nitrogen and oxygen atoms in total. The van der Waals surface area contributed by atoms with Crippen LogP contribution in [-0.2, 0) is 0 Å². The van der Waals surface area contributed by atoms with E-state index in [0.29, 0.717) is 4.32 Å². The van der Waals surface area contributed by atoms with E-state index in [1.54, 1.807) is 0 Å². The van der Waals surface area contributed by atoms with Gasteiger partial charge in [0.15, 0.2) is 0 Å². The van der Waals surface area contributed by atoms with Crippen LogP contribution in [0, 0.1) is 0 Å². The summed E-state index contributed by atoms with van der Waals surface area (Å²) in [5, 5.41) is 0. The van der Waals surface area contributed by atoms with E-state index in [-0.39, 0.29) is 0 Å². The molecule has 0 aromatic heterocycles. The molecule has 0 radical (unpaired) electrons. The van der Waals surface area contributed by atoms with Gasteiger partial charge >= 0.3 is 4.32 Å². The molecule has 0 aromatic carbocycles. The molecule has 0 heterocycles. The average molecular weight is 232 g/mol. The lowest BCUT2D eigenvalue weighted by atomic mass is 10.2. The molecule has 0 aromatic rings. The second-order valence-corrected chi connectivity index (χ2v) is 4.62. The van der Waals surface area contributed by atoms with Gasteiger partial charge in [0.2, 0.25) is 0 Å². The highest BCUT2D eigenvalue weighted by Crippen LogP contribution is 1.98. The maximum Gasteiger partial charge on any atom is 0.303 e. The number of hydrogen-bond acceptors (Lipinski definition) is 1. The first-order chi connectivity index (χ1) is 6.72. The van der Waals surface area contributed by atoms with Crippen molar-refractivity contribution in [3.8, 4) is 0 Å². The van der Waals surface area contributed by atoms with Gasteiger partial charge in [-0.25, -0.2) is 0 Å². The van der Waals surface area contributed by atoms with Gasteiger partial charge in [0.05, 0.1) is 0 Å². The molecular formula is C11H22NS2+. The average Bonchev–Trinajstić information content (AvgIpc) is 2.15. The largest absolute Gasteiger partial charge is 0.303 e. The molecule has 0 aliphatic carbocycles. The molecule has 0 saturated carbocycles. The van der Waals surface area contributed by atoms with Gasteiger partial charge in [0.25, 0.3) is 0 Å². The van der Waals surface area contributed by atoms with Crippen LogP contribution in [0.2, 0.25) is 0 Å². The Morgan fingerprint density at radius 3 is 2.36 bits per heavy atom. The summed E-state index contributed by atoms with van der Waals surface area (Å²) in [4.78, 5) is 0. The van der Waals surface area contributed by atoms with Crippen molar-refractivity contribution in [2.24, 2.45) is 0 Å². The van der Waals surface area contributed by atoms with Crippen molar-refractivity contribution in [3.63, 3.8) is 0 Å². The van der Waals surface area contributed by atoms with Gasteiger partial charge in [-0.05, 0) is 12.8 Å². The molecule has 0 bridgehead atoms. The topological polar surface area (TPSA) is 3.01 Å². The predicted molar refractivity (Wildman–Crippen MR) is 71.8 cm³/mol. The van der Waals surface area contributed by atoms with Crippen LogP contribution in [0.25, 0.3) is 0 Å². The Morgan fingerprint density at radius 1 is 1.21 bits per heavy atom. The number of nitrogens with zero attached hydrogens (tertiary/aromatic N) is 1. The van der Waals surface area contributed by atoms with Crippen LogP contribution in [0.4, 0.5) is 0 Å². The zero-order chi connectivity index (χ0) is 10.8. The Labute approximate surface area is 99.0 Å². The SMILES string of the molecule is CCCC/C=[N+](/CCCCC)C(=S)S. The van der Waals surface area contributed by atoms with Crippen LogP contribution in [0.1, 0.15) is 52.4 Å². The monoisotopic (exact) mass is 232 g/mol. The molecule has 3 heteroatoms. The van der Waals surface area contributed by atoms with E-state index in [4.69, 9.17) is 12.2 Å². The minimum Gasteiger partial charge on any atom is -0.188 e. The first-order valence-electron chi connectivity index (χ1n) is 5.55. The fraction of sp³-hybridized carbons (Fsp3) is 0.818. The summed E-state index contributed by atoms with van der Waals surface area (Å²) in [5.74, 6) is 0. The van der Waals surface area contributed by atoms with Gasteiger partial charge in [0, 0.05) is 25.1 Å². The van der Waals surface area contributed by atoms with E-state index >= 15 is 0 Å². The Bertz CT molecular complexity index is 188. The summed E-state index contributed by atoms with van der Waals surface area (Å²) in [6.45, 7) is 5.44. The van der Waals surface area contributed by atoms with E-state index in [0.717, 1.165) is 13.0 Å². The van der Waals surface area contributed by atoms with Gasteiger partial charge in [-0.1, -0.05) is 39.3 Å². The van der Waals surface area contributed by atoms with E-state index < -0.39 is 0 Å². The second kappa shape index (κ2) is 9.66. The highest BCUT2D eigenvalue weighted by Gasteiger charge is 2.06. The Hall–Kier alpha value is 0.110. The molecule has 14 heavy (non-hydrogen) atoms. The number of thiocarbonyl (C=S) groups is 1. The highest BCUT2D eigenvalue weighted by molar-refractivity contribution is 8.10. The summed E-state index contributed by atoms with van der Waals surface area (Å²) in [6.07, 6.45) is 9.51. The van der Waals surface area contributed by atoms with Crippen molar-refractivity contribution in [3.05, 3.63) is 0 Å². The van der Waals surface area contributed by atoms with Crippen molar-refractivity contribution in [2.45, 2.75) is 52.4 Å². The third-order valence-corrected chi connectivity index (χ3v) is 2.65. The van der Waals surface area contributed by atoms with Crippen LogP contribution >= 0.6 is 24.8 Å². The van der Waals surface area contributed by atoms with Gasteiger partial charge < -0.3 is 0 Å². The quantitative estimate of drug-likeness (QED) is 0.230. The number of thiol groups is 1. The van der Waals surface area contributed by atoms with Crippen molar-refractivity contribution >= 4 is 35.4 Å². The van der Waals surface area contributed by atoms with Gasteiger partial charge in [0.1, 0.15) is 12.8 Å². The van der Waals surface area contributed by atoms with E-state index in [9.17, 15) is 0 Å². The highest BCUT2D eigenvalue weighted by atomic mass is 32.1. The van der Waals surface area contributed by atoms with Gasteiger partial charge in [-0.3, -0.25) is 0 Å². The van der Waals surface area contributed by atoms with Crippen LogP contribution < -0.4 is 0 Å². The zero-order valence-corrected chi connectivity index (χ0v) is 11.0. The van der Waals surface area contributed by atoms with Gasteiger partial charge in [-0.2, -0.15) is 4.58 Å². The summed E-state index contributed by atoms with van der Waals surface area (Å²) in [6, 6.07) is 0.